The van der Waals surface area contributed by atoms with E-state index < -0.39 is 17.4 Å². The number of aryl methyl sites for hydroxylation is 1. The lowest BCUT2D eigenvalue weighted by Crippen LogP contribution is -2.58. The van der Waals surface area contributed by atoms with Gasteiger partial charge in [-0.3, -0.25) is 9.88 Å². The van der Waals surface area contributed by atoms with Crippen LogP contribution in [0.15, 0.2) is 42.6 Å². The van der Waals surface area contributed by atoms with E-state index >= 15 is 4.39 Å². The fraction of sp³-hybridized carbons (Fsp3) is 0.486. The monoisotopic (exact) mass is 620 g/mol. The van der Waals surface area contributed by atoms with Crippen molar-refractivity contribution < 1.29 is 18.7 Å². The van der Waals surface area contributed by atoms with Crippen molar-refractivity contribution in [2.75, 3.05) is 44.3 Å². The van der Waals surface area contributed by atoms with Gasteiger partial charge in [0.15, 0.2) is 5.82 Å². The first-order chi connectivity index (χ1) is 22.3. The summed E-state index contributed by atoms with van der Waals surface area (Å²) >= 11 is 0. The van der Waals surface area contributed by atoms with Gasteiger partial charge in [-0.2, -0.15) is 9.97 Å². The number of hydrogen-bond acceptors (Lipinski definition) is 8. The van der Waals surface area contributed by atoms with Crippen LogP contribution >= 0.6 is 0 Å². The van der Waals surface area contributed by atoms with Crippen LogP contribution in [-0.4, -0.2) is 84.3 Å². The third-order valence-corrected chi connectivity index (χ3v) is 10.4. The molecule has 0 aliphatic carbocycles. The Kier molecular flexibility index (Phi) is 7.27. The summed E-state index contributed by atoms with van der Waals surface area (Å²) in [6, 6.07) is 12.0. The fourth-order valence-corrected chi connectivity index (χ4v) is 8.44. The second-order valence-electron chi connectivity index (χ2n) is 13.8. The predicted octanol–water partition coefficient (Wildman–Crippen LogP) is 5.59. The average Bonchev–Trinajstić information content (AvgIpc) is 3.62. The lowest BCUT2D eigenvalue weighted by Gasteiger charge is -2.44. The third kappa shape index (κ3) is 5.13. The van der Waals surface area contributed by atoms with Crippen LogP contribution in [-0.2, 0) is 11.2 Å². The number of pyridine rings is 1. The molecule has 2 aromatic heterocycles. The molecule has 236 valence electrons. The molecule has 2 radical (unpaired) electrons. The topological polar surface area (TPSA) is 92.7 Å². The van der Waals surface area contributed by atoms with Gasteiger partial charge >= 0.3 is 12.1 Å². The van der Waals surface area contributed by atoms with Gasteiger partial charge in [-0.1, -0.05) is 42.2 Å². The molecule has 46 heavy (non-hydrogen) atoms. The van der Waals surface area contributed by atoms with Gasteiger partial charge in [-0.25, -0.2) is 9.18 Å². The maximum absolute atomic E-state index is 17.0. The van der Waals surface area contributed by atoms with E-state index in [1.807, 2.05) is 48.2 Å². The molecule has 2 atom stereocenters. The molecule has 11 heteroatoms. The number of carbonyl (C=O) groups is 1. The highest BCUT2D eigenvalue weighted by Crippen LogP contribution is 2.41. The molecular formula is C35H38BFN6O3. The SMILES string of the molecule is [B][C@H]1CN2C[C@@](C)(C1)NC(=O)OCCCc1cccc3cccc(c13)-c1ncc3c2nc(OCC24CCCN2CCC4)nc3c1F. The molecule has 4 aromatic rings. The number of nitrogens with one attached hydrogen (secondary N) is 1. The van der Waals surface area contributed by atoms with Crippen molar-refractivity contribution in [1.82, 2.24) is 25.2 Å². The standard InChI is InChI=1S/C35H38BFN6O3/c1-34-17-24(36)19-42(20-34)31-26-18-38-29(25-11-3-9-22-7-2-8-23(27(22)25)10-4-16-45-33(44)41-34)28(37)30(26)39-32(40-31)46-21-35-12-5-14-43(35)15-6-13-35/h2-3,7-9,11,18,24H,4-6,10,12-17,19-21H2,1H3,(H,41,44)/t24-,34-/m1/s1. The van der Waals surface area contributed by atoms with Gasteiger partial charge in [-0.15, -0.1) is 0 Å². The number of aromatic nitrogens is 3. The number of hydrogen-bond donors (Lipinski definition) is 1. The van der Waals surface area contributed by atoms with E-state index in [9.17, 15) is 4.79 Å². The number of anilines is 1. The number of ether oxygens (including phenoxy) is 2. The Bertz CT molecular complexity index is 1820. The highest BCUT2D eigenvalue weighted by Gasteiger charge is 2.45. The Morgan fingerprint density at radius 3 is 2.76 bits per heavy atom. The highest BCUT2D eigenvalue weighted by molar-refractivity contribution is 6.12. The van der Waals surface area contributed by atoms with Gasteiger partial charge in [-0.05, 0) is 81.3 Å². The molecular weight excluding hydrogens is 582 g/mol. The van der Waals surface area contributed by atoms with Crippen LogP contribution < -0.4 is 15.0 Å². The second-order valence-corrected chi connectivity index (χ2v) is 13.8. The zero-order valence-electron chi connectivity index (χ0n) is 26.2. The van der Waals surface area contributed by atoms with Crippen LogP contribution in [0.5, 0.6) is 6.01 Å². The molecule has 9 rings (SSSR count). The summed E-state index contributed by atoms with van der Waals surface area (Å²) in [4.78, 5) is 31.9. The van der Waals surface area contributed by atoms with Crippen molar-refractivity contribution >= 4 is 41.4 Å². The van der Waals surface area contributed by atoms with Gasteiger partial charge in [0.1, 0.15) is 23.6 Å². The molecule has 7 heterocycles. The molecule has 0 spiro atoms. The third-order valence-electron chi connectivity index (χ3n) is 10.4. The van der Waals surface area contributed by atoms with Crippen molar-refractivity contribution in [2.45, 2.75) is 68.8 Å². The zero-order chi connectivity index (χ0) is 31.5. The quantitative estimate of drug-likeness (QED) is 0.297. The average molecular weight is 621 g/mol. The van der Waals surface area contributed by atoms with E-state index in [1.165, 1.54) is 0 Å². The Balaban J connectivity index is 1.30. The number of halogens is 1. The second kappa shape index (κ2) is 11.4. The molecule has 3 fully saturated rings. The number of nitrogens with zero attached hydrogens (tertiary/aromatic N) is 5. The molecule has 0 saturated carbocycles. The lowest BCUT2D eigenvalue weighted by molar-refractivity contribution is 0.107. The Hall–Kier alpha value is -3.99. The summed E-state index contributed by atoms with van der Waals surface area (Å²) in [6.07, 6.45) is 7.43. The van der Waals surface area contributed by atoms with Gasteiger partial charge in [0, 0.05) is 24.8 Å². The van der Waals surface area contributed by atoms with Gasteiger partial charge in [0.05, 0.1) is 30.9 Å². The van der Waals surface area contributed by atoms with Crippen LogP contribution in [0.2, 0.25) is 5.82 Å². The normalized spacial score (nSPS) is 24.6. The lowest BCUT2D eigenvalue weighted by atomic mass is 9.73. The Morgan fingerprint density at radius 1 is 1.13 bits per heavy atom. The van der Waals surface area contributed by atoms with Crippen molar-refractivity contribution in [3.8, 4) is 17.3 Å². The molecule has 9 nitrogen and oxygen atoms in total. The number of benzene rings is 2. The predicted molar refractivity (Wildman–Crippen MR) is 176 cm³/mol. The summed E-state index contributed by atoms with van der Waals surface area (Å²) in [6.45, 7) is 5.67. The first kappa shape index (κ1) is 29.4. The van der Waals surface area contributed by atoms with E-state index in [2.05, 4.69) is 10.2 Å². The summed E-state index contributed by atoms with van der Waals surface area (Å²) in [5, 5.41) is 5.45. The minimum Gasteiger partial charge on any atom is -0.461 e. The van der Waals surface area contributed by atoms with Crippen molar-refractivity contribution in [3.05, 3.63) is 54.0 Å². The molecule has 3 saturated heterocycles. The van der Waals surface area contributed by atoms with Gasteiger partial charge < -0.3 is 19.7 Å². The Labute approximate surface area is 269 Å². The summed E-state index contributed by atoms with van der Waals surface area (Å²) < 4.78 is 29.0. The molecule has 1 amide bonds. The first-order valence-electron chi connectivity index (χ1n) is 16.5. The van der Waals surface area contributed by atoms with Gasteiger partial charge in [0.2, 0.25) is 0 Å². The van der Waals surface area contributed by atoms with E-state index in [1.54, 1.807) is 6.20 Å². The Morgan fingerprint density at radius 2 is 1.93 bits per heavy atom. The van der Waals surface area contributed by atoms with E-state index in [4.69, 9.17) is 32.3 Å². The molecule has 6 bridgehead atoms. The zero-order valence-corrected chi connectivity index (χ0v) is 26.2. The molecule has 1 N–H and O–H groups in total. The molecule has 5 aliphatic heterocycles. The highest BCUT2D eigenvalue weighted by atomic mass is 19.1. The van der Waals surface area contributed by atoms with E-state index in [-0.39, 0.29) is 35.2 Å². The number of rotatable bonds is 3. The van der Waals surface area contributed by atoms with Crippen LogP contribution in [0, 0.1) is 5.82 Å². The van der Waals surface area contributed by atoms with Crippen molar-refractivity contribution in [3.63, 3.8) is 0 Å². The number of alkyl carbamates (subject to hydrolysis) is 1. The molecule has 0 unspecified atom stereocenters. The summed E-state index contributed by atoms with van der Waals surface area (Å²) in [5.41, 5.74) is 1.38. The maximum atomic E-state index is 17.0. The minimum absolute atomic E-state index is 0.0254. The van der Waals surface area contributed by atoms with Crippen LogP contribution in [0.3, 0.4) is 0 Å². The van der Waals surface area contributed by atoms with Crippen LogP contribution in [0.4, 0.5) is 15.0 Å². The van der Waals surface area contributed by atoms with Crippen LogP contribution in [0.1, 0.15) is 51.0 Å². The van der Waals surface area contributed by atoms with Crippen molar-refractivity contribution in [2.24, 2.45) is 0 Å². The minimum atomic E-state index is -0.706. The number of fused-ring (bicyclic) bond motifs is 7. The van der Waals surface area contributed by atoms with Crippen LogP contribution in [0.25, 0.3) is 32.9 Å². The smallest absolute Gasteiger partial charge is 0.407 e. The largest absolute Gasteiger partial charge is 0.461 e. The summed E-state index contributed by atoms with van der Waals surface area (Å²) in [7, 11) is 6.59. The first-order valence-corrected chi connectivity index (χ1v) is 16.5. The molecule has 2 aromatic carbocycles. The van der Waals surface area contributed by atoms with E-state index in [0.717, 1.165) is 55.1 Å². The van der Waals surface area contributed by atoms with Gasteiger partial charge in [0.25, 0.3) is 0 Å². The number of amides is 1. The molecule has 5 aliphatic rings. The van der Waals surface area contributed by atoms with E-state index in [0.29, 0.717) is 55.7 Å². The number of piperidine rings is 1. The van der Waals surface area contributed by atoms with Crippen molar-refractivity contribution in [1.29, 1.82) is 0 Å². The maximum Gasteiger partial charge on any atom is 0.407 e. The number of carbonyl (C=O) groups excluding carboxylic acids is 1. The fourth-order valence-electron chi connectivity index (χ4n) is 8.44. The summed E-state index contributed by atoms with van der Waals surface area (Å²) in [5.74, 6) is -0.298.